The fourth-order valence-corrected chi connectivity index (χ4v) is 3.42. The Kier molecular flexibility index (Phi) is 4.14. The summed E-state index contributed by atoms with van der Waals surface area (Å²) < 4.78 is 0. The van der Waals surface area contributed by atoms with Crippen LogP contribution in [-0.2, 0) is 0 Å². The molecule has 5 heteroatoms. The molecule has 0 aliphatic rings. The average Bonchev–Trinajstić information content (AvgIpc) is 3.12. The summed E-state index contributed by atoms with van der Waals surface area (Å²) in [6.07, 6.45) is 0. The highest BCUT2D eigenvalue weighted by Crippen LogP contribution is 2.29. The van der Waals surface area contributed by atoms with Gasteiger partial charge in [-0.3, -0.25) is 4.79 Å². The maximum absolute atomic E-state index is 11.8. The summed E-state index contributed by atoms with van der Waals surface area (Å²) in [6.45, 7) is 3.49. The second-order valence-electron chi connectivity index (χ2n) is 4.62. The van der Waals surface area contributed by atoms with Gasteiger partial charge in [-0.25, -0.2) is 9.97 Å². The van der Waals surface area contributed by atoms with Gasteiger partial charge in [-0.15, -0.1) is 22.7 Å². The molecule has 0 atom stereocenters. The number of benzene rings is 1. The van der Waals surface area contributed by atoms with Crippen molar-refractivity contribution in [3.05, 3.63) is 56.9 Å². The number of nitrogens with zero attached hydrogens (tertiary/aromatic N) is 2. The Morgan fingerprint density at radius 1 is 1.14 bits per heavy atom. The van der Waals surface area contributed by atoms with E-state index < -0.39 is 0 Å². The van der Waals surface area contributed by atoms with Crippen molar-refractivity contribution < 1.29 is 4.79 Å². The van der Waals surface area contributed by atoms with Crippen LogP contribution in [0, 0.1) is 18.8 Å². The molecule has 3 nitrogen and oxygen atoms in total. The Morgan fingerprint density at radius 2 is 1.91 bits per heavy atom. The molecule has 2 heterocycles. The number of thiazole rings is 2. The van der Waals surface area contributed by atoms with Crippen LogP contribution >= 0.6 is 22.7 Å². The molecule has 0 amide bonds. The van der Waals surface area contributed by atoms with Gasteiger partial charge in [0.25, 0.3) is 0 Å². The molecule has 2 aromatic heterocycles. The summed E-state index contributed by atoms with van der Waals surface area (Å²) in [6, 6.07) is 9.66. The molecule has 0 spiro atoms. The summed E-state index contributed by atoms with van der Waals surface area (Å²) in [5.74, 6) is 6.04. The molecule has 0 radical (unpaired) electrons. The van der Waals surface area contributed by atoms with E-state index in [9.17, 15) is 4.79 Å². The van der Waals surface area contributed by atoms with Crippen molar-refractivity contribution in [3.8, 4) is 22.5 Å². The summed E-state index contributed by atoms with van der Waals surface area (Å²) in [5, 5.41) is 3.67. The van der Waals surface area contributed by atoms with E-state index in [0.717, 1.165) is 21.3 Å². The maximum Gasteiger partial charge on any atom is 0.172 e. The van der Waals surface area contributed by atoms with E-state index in [2.05, 4.69) is 21.8 Å². The first kappa shape index (κ1) is 14.6. The topological polar surface area (TPSA) is 42.9 Å². The van der Waals surface area contributed by atoms with Crippen molar-refractivity contribution >= 4 is 28.5 Å². The van der Waals surface area contributed by atoms with Gasteiger partial charge in [0.1, 0.15) is 21.3 Å². The molecule has 0 aliphatic heterocycles. The Hall–Kier alpha value is -2.29. The highest BCUT2D eigenvalue weighted by atomic mass is 32.1. The van der Waals surface area contributed by atoms with Gasteiger partial charge in [0.2, 0.25) is 0 Å². The molecular formula is C17H12N2OS2. The van der Waals surface area contributed by atoms with E-state index >= 15 is 0 Å². The lowest BCUT2D eigenvalue weighted by Gasteiger charge is -1.88. The Morgan fingerprint density at radius 3 is 2.55 bits per heavy atom. The first-order valence-corrected chi connectivity index (χ1v) is 8.34. The summed E-state index contributed by atoms with van der Waals surface area (Å²) >= 11 is 2.92. The standard InChI is InChI=1S/C17H12N2OS2/c1-11(20)16-14(9-8-13-6-4-3-5-7-13)19-17(22-16)15-10-21-12(2)18-15/h3-7,10H,1-2H3. The van der Waals surface area contributed by atoms with Crippen LogP contribution in [0.15, 0.2) is 35.7 Å². The molecule has 0 unspecified atom stereocenters. The highest BCUT2D eigenvalue weighted by molar-refractivity contribution is 7.17. The number of aromatic nitrogens is 2. The summed E-state index contributed by atoms with van der Waals surface area (Å²) in [7, 11) is 0. The van der Waals surface area contributed by atoms with Crippen molar-refractivity contribution in [2.24, 2.45) is 0 Å². The first-order valence-electron chi connectivity index (χ1n) is 6.65. The molecule has 0 saturated heterocycles. The van der Waals surface area contributed by atoms with Gasteiger partial charge in [-0.1, -0.05) is 24.1 Å². The van der Waals surface area contributed by atoms with Crippen LogP contribution in [0.25, 0.3) is 10.7 Å². The molecule has 1 aromatic carbocycles. The number of hydrogen-bond acceptors (Lipinski definition) is 5. The molecule has 0 bridgehead atoms. The largest absolute Gasteiger partial charge is 0.293 e. The van der Waals surface area contributed by atoms with Crippen LogP contribution in [0.4, 0.5) is 0 Å². The molecule has 0 aliphatic carbocycles. The molecule has 0 N–H and O–H groups in total. The lowest BCUT2D eigenvalue weighted by Crippen LogP contribution is -1.91. The van der Waals surface area contributed by atoms with Crippen molar-refractivity contribution in [3.63, 3.8) is 0 Å². The predicted molar refractivity (Wildman–Crippen MR) is 90.4 cm³/mol. The number of rotatable bonds is 2. The third-order valence-corrected chi connectivity index (χ3v) is 4.84. The number of ketones is 1. The minimum atomic E-state index is -0.0203. The first-order chi connectivity index (χ1) is 10.6. The van der Waals surface area contributed by atoms with Crippen molar-refractivity contribution in [2.75, 3.05) is 0 Å². The summed E-state index contributed by atoms with van der Waals surface area (Å²) in [4.78, 5) is 21.3. The van der Waals surface area contributed by atoms with Crippen LogP contribution in [0.5, 0.6) is 0 Å². The number of carbonyl (C=O) groups excluding carboxylic acids is 1. The molecular weight excluding hydrogens is 312 g/mol. The van der Waals surface area contributed by atoms with Crippen molar-refractivity contribution in [1.82, 2.24) is 9.97 Å². The van der Waals surface area contributed by atoms with Gasteiger partial charge < -0.3 is 0 Å². The maximum atomic E-state index is 11.8. The van der Waals surface area contributed by atoms with Crippen LogP contribution in [-0.4, -0.2) is 15.8 Å². The zero-order chi connectivity index (χ0) is 15.5. The average molecular weight is 324 g/mol. The molecule has 0 saturated carbocycles. The Labute approximate surface area is 136 Å². The number of Topliss-reactive ketones (excluding diaryl/α,β-unsaturated/α-hetero) is 1. The highest BCUT2D eigenvalue weighted by Gasteiger charge is 2.16. The van der Waals surface area contributed by atoms with Gasteiger partial charge >= 0.3 is 0 Å². The third-order valence-electron chi connectivity index (χ3n) is 2.88. The molecule has 22 heavy (non-hydrogen) atoms. The van der Waals surface area contributed by atoms with E-state index in [4.69, 9.17) is 0 Å². The fourth-order valence-electron chi connectivity index (χ4n) is 1.87. The van der Waals surface area contributed by atoms with Crippen LogP contribution in [0.2, 0.25) is 0 Å². The van der Waals surface area contributed by atoms with Crippen molar-refractivity contribution in [1.29, 1.82) is 0 Å². The quantitative estimate of drug-likeness (QED) is 0.525. The van der Waals surface area contributed by atoms with Crippen molar-refractivity contribution in [2.45, 2.75) is 13.8 Å². The minimum absolute atomic E-state index is 0.0203. The van der Waals surface area contributed by atoms with Gasteiger partial charge in [0, 0.05) is 17.9 Å². The van der Waals surface area contributed by atoms with Gasteiger partial charge in [0.15, 0.2) is 5.78 Å². The number of hydrogen-bond donors (Lipinski definition) is 0. The van der Waals surface area contributed by atoms with Gasteiger partial charge in [0.05, 0.1) is 5.01 Å². The van der Waals surface area contributed by atoms with Crippen LogP contribution < -0.4 is 0 Å². The van der Waals surface area contributed by atoms with E-state index in [1.54, 1.807) is 11.3 Å². The van der Waals surface area contributed by atoms with E-state index in [1.807, 2.05) is 42.6 Å². The predicted octanol–water partition coefficient (Wildman–Crippen LogP) is 4.18. The molecule has 0 fully saturated rings. The van der Waals surface area contributed by atoms with E-state index in [1.165, 1.54) is 18.3 Å². The number of aryl methyl sites for hydroxylation is 1. The lowest BCUT2D eigenvalue weighted by atomic mass is 10.2. The Balaban J connectivity index is 2.02. The minimum Gasteiger partial charge on any atom is -0.293 e. The van der Waals surface area contributed by atoms with Crippen LogP contribution in [0.3, 0.4) is 0 Å². The third kappa shape index (κ3) is 3.14. The monoisotopic (exact) mass is 324 g/mol. The molecule has 3 rings (SSSR count). The van der Waals surface area contributed by atoms with E-state index in [-0.39, 0.29) is 5.78 Å². The normalized spacial score (nSPS) is 10.1. The van der Waals surface area contributed by atoms with E-state index in [0.29, 0.717) is 10.6 Å². The Bertz CT molecular complexity index is 882. The summed E-state index contributed by atoms with van der Waals surface area (Å²) in [5.41, 5.74) is 2.24. The van der Waals surface area contributed by atoms with Crippen LogP contribution in [0.1, 0.15) is 32.9 Å². The molecule has 108 valence electrons. The number of carbonyl (C=O) groups is 1. The zero-order valence-electron chi connectivity index (χ0n) is 12.1. The second kappa shape index (κ2) is 6.22. The van der Waals surface area contributed by atoms with Gasteiger partial charge in [-0.2, -0.15) is 0 Å². The second-order valence-corrected chi connectivity index (χ2v) is 6.68. The smallest absolute Gasteiger partial charge is 0.172 e. The fraction of sp³-hybridized carbons (Fsp3) is 0.118. The lowest BCUT2D eigenvalue weighted by molar-refractivity contribution is 0.102. The zero-order valence-corrected chi connectivity index (χ0v) is 13.7. The molecule has 3 aromatic rings. The SMILES string of the molecule is CC(=O)c1sc(-c2csc(C)n2)nc1C#Cc1ccccc1. The van der Waals surface area contributed by atoms with Gasteiger partial charge in [-0.05, 0) is 25.0 Å².